The molecule has 0 aromatic carbocycles. The summed E-state index contributed by atoms with van der Waals surface area (Å²) in [6.45, 7) is 6.63. The maximum absolute atomic E-state index is 11.1. The number of rotatable bonds is 1. The van der Waals surface area contributed by atoms with Crippen molar-refractivity contribution in [2.24, 2.45) is 0 Å². The van der Waals surface area contributed by atoms with Gasteiger partial charge in [-0.15, -0.1) is 0 Å². The lowest BCUT2D eigenvalue weighted by atomic mass is 10.1. The van der Waals surface area contributed by atoms with Crippen LogP contribution in [0, 0.1) is 0 Å². The van der Waals surface area contributed by atoms with Gasteiger partial charge in [0.1, 0.15) is 0 Å². The van der Waals surface area contributed by atoms with E-state index in [2.05, 4.69) is 18.9 Å². The first kappa shape index (κ1) is 9.52. The first-order chi connectivity index (χ1) is 5.65. The SMILES string of the molecule is CC[C@@H]1CN(C(C)=O)CCN1C. The van der Waals surface area contributed by atoms with Crippen molar-refractivity contribution in [1.29, 1.82) is 0 Å². The van der Waals surface area contributed by atoms with Crippen LogP contribution in [0.2, 0.25) is 0 Å². The fourth-order valence-electron chi connectivity index (χ4n) is 1.67. The molecule has 3 heteroatoms. The molecular weight excluding hydrogens is 152 g/mol. The van der Waals surface area contributed by atoms with E-state index in [1.165, 1.54) is 0 Å². The molecule has 0 saturated carbocycles. The first-order valence-electron chi connectivity index (χ1n) is 4.61. The highest BCUT2D eigenvalue weighted by Gasteiger charge is 2.23. The highest BCUT2D eigenvalue weighted by molar-refractivity contribution is 5.73. The molecule has 0 bridgehead atoms. The molecule has 3 nitrogen and oxygen atoms in total. The Hall–Kier alpha value is -0.570. The van der Waals surface area contributed by atoms with E-state index in [1.54, 1.807) is 6.92 Å². The third-order valence-electron chi connectivity index (χ3n) is 2.69. The maximum Gasteiger partial charge on any atom is 0.219 e. The Morgan fingerprint density at radius 2 is 2.17 bits per heavy atom. The van der Waals surface area contributed by atoms with Crippen LogP contribution >= 0.6 is 0 Å². The number of amides is 1. The average molecular weight is 170 g/mol. The summed E-state index contributed by atoms with van der Waals surface area (Å²) in [5, 5.41) is 0. The second-order valence-electron chi connectivity index (χ2n) is 3.51. The number of carbonyl (C=O) groups excluding carboxylic acids is 1. The van der Waals surface area contributed by atoms with Crippen molar-refractivity contribution in [3.63, 3.8) is 0 Å². The zero-order chi connectivity index (χ0) is 9.14. The summed E-state index contributed by atoms with van der Waals surface area (Å²) in [7, 11) is 2.13. The predicted molar refractivity (Wildman–Crippen MR) is 49.0 cm³/mol. The lowest BCUT2D eigenvalue weighted by molar-refractivity contribution is -0.131. The van der Waals surface area contributed by atoms with Gasteiger partial charge in [0.15, 0.2) is 0 Å². The largest absolute Gasteiger partial charge is 0.340 e. The summed E-state index contributed by atoms with van der Waals surface area (Å²) in [5.41, 5.74) is 0. The molecule has 1 heterocycles. The Kier molecular flexibility index (Phi) is 3.09. The summed E-state index contributed by atoms with van der Waals surface area (Å²) < 4.78 is 0. The molecule has 0 aliphatic carbocycles. The number of hydrogen-bond acceptors (Lipinski definition) is 2. The van der Waals surface area contributed by atoms with Gasteiger partial charge in [-0.2, -0.15) is 0 Å². The zero-order valence-corrected chi connectivity index (χ0v) is 8.21. The quantitative estimate of drug-likeness (QED) is 0.574. The molecule has 1 atom stereocenters. The van der Waals surface area contributed by atoms with Crippen LogP contribution in [-0.4, -0.2) is 48.4 Å². The van der Waals surface area contributed by atoms with Gasteiger partial charge in [-0.25, -0.2) is 0 Å². The van der Waals surface area contributed by atoms with Crippen LogP contribution in [0.1, 0.15) is 20.3 Å². The molecule has 0 unspecified atom stereocenters. The van der Waals surface area contributed by atoms with Crippen molar-refractivity contribution >= 4 is 5.91 Å². The molecule has 0 radical (unpaired) electrons. The smallest absolute Gasteiger partial charge is 0.219 e. The molecular formula is C9H18N2O. The van der Waals surface area contributed by atoms with Crippen LogP contribution < -0.4 is 0 Å². The highest BCUT2D eigenvalue weighted by atomic mass is 16.2. The van der Waals surface area contributed by atoms with Crippen molar-refractivity contribution in [1.82, 2.24) is 9.80 Å². The van der Waals surface area contributed by atoms with Crippen molar-refractivity contribution < 1.29 is 4.79 Å². The Morgan fingerprint density at radius 3 is 2.67 bits per heavy atom. The fourth-order valence-corrected chi connectivity index (χ4v) is 1.67. The molecule has 1 amide bonds. The lowest BCUT2D eigenvalue weighted by Crippen LogP contribution is -2.52. The molecule has 12 heavy (non-hydrogen) atoms. The average Bonchev–Trinajstić information content (AvgIpc) is 2.05. The Balaban J connectivity index is 2.49. The predicted octanol–water partition coefficient (Wildman–Crippen LogP) is 0.559. The van der Waals surface area contributed by atoms with Crippen molar-refractivity contribution in [2.75, 3.05) is 26.7 Å². The second kappa shape index (κ2) is 3.90. The minimum atomic E-state index is 0.210. The molecule has 1 rings (SSSR count). The first-order valence-corrected chi connectivity index (χ1v) is 4.61. The third kappa shape index (κ3) is 1.97. The van der Waals surface area contributed by atoms with E-state index in [9.17, 15) is 4.79 Å². The minimum absolute atomic E-state index is 0.210. The Bertz CT molecular complexity index is 170. The molecule has 0 aromatic rings. The molecule has 70 valence electrons. The van der Waals surface area contributed by atoms with Crippen LogP contribution in [-0.2, 0) is 4.79 Å². The van der Waals surface area contributed by atoms with Gasteiger partial charge in [-0.05, 0) is 13.5 Å². The van der Waals surface area contributed by atoms with Crippen LogP contribution in [0.25, 0.3) is 0 Å². The standard InChI is InChI=1S/C9H18N2O/c1-4-9-7-11(8(2)12)6-5-10(9)3/h9H,4-7H2,1-3H3/t9-/m1/s1. The second-order valence-corrected chi connectivity index (χ2v) is 3.51. The van der Waals surface area contributed by atoms with Gasteiger partial charge < -0.3 is 4.90 Å². The molecule has 1 fully saturated rings. The lowest BCUT2D eigenvalue weighted by Gasteiger charge is -2.38. The van der Waals surface area contributed by atoms with Crippen molar-refractivity contribution in [3.05, 3.63) is 0 Å². The van der Waals surface area contributed by atoms with Crippen LogP contribution in [0.4, 0.5) is 0 Å². The van der Waals surface area contributed by atoms with E-state index < -0.39 is 0 Å². The van der Waals surface area contributed by atoms with E-state index in [0.717, 1.165) is 26.1 Å². The summed E-state index contributed by atoms with van der Waals surface area (Å²) in [5.74, 6) is 0.210. The number of likely N-dealkylation sites (N-methyl/N-ethyl adjacent to an activating group) is 1. The monoisotopic (exact) mass is 170 g/mol. The third-order valence-corrected chi connectivity index (χ3v) is 2.69. The Labute approximate surface area is 74.3 Å². The molecule has 1 aliphatic rings. The number of carbonyl (C=O) groups is 1. The summed E-state index contributed by atoms with van der Waals surface area (Å²) in [6, 6.07) is 0.558. The van der Waals surface area contributed by atoms with Gasteiger partial charge in [-0.1, -0.05) is 6.92 Å². The summed E-state index contributed by atoms with van der Waals surface area (Å²) in [6.07, 6.45) is 1.13. The van der Waals surface area contributed by atoms with E-state index in [-0.39, 0.29) is 5.91 Å². The molecule has 0 N–H and O–H groups in total. The van der Waals surface area contributed by atoms with E-state index in [4.69, 9.17) is 0 Å². The van der Waals surface area contributed by atoms with Gasteiger partial charge in [0.25, 0.3) is 0 Å². The van der Waals surface area contributed by atoms with Crippen LogP contribution in [0.5, 0.6) is 0 Å². The van der Waals surface area contributed by atoms with Crippen molar-refractivity contribution in [3.8, 4) is 0 Å². The fraction of sp³-hybridized carbons (Fsp3) is 0.889. The topological polar surface area (TPSA) is 23.6 Å². The Morgan fingerprint density at radius 1 is 1.50 bits per heavy atom. The zero-order valence-electron chi connectivity index (χ0n) is 8.21. The molecule has 1 aliphatic heterocycles. The van der Waals surface area contributed by atoms with Gasteiger partial charge in [0.05, 0.1) is 0 Å². The summed E-state index contributed by atoms with van der Waals surface area (Å²) >= 11 is 0. The minimum Gasteiger partial charge on any atom is -0.340 e. The van der Waals surface area contributed by atoms with Crippen molar-refractivity contribution in [2.45, 2.75) is 26.3 Å². The number of nitrogens with zero attached hydrogens (tertiary/aromatic N) is 2. The van der Waals surface area contributed by atoms with Gasteiger partial charge in [0, 0.05) is 32.6 Å². The molecule has 1 saturated heterocycles. The van der Waals surface area contributed by atoms with Crippen LogP contribution in [0.15, 0.2) is 0 Å². The van der Waals surface area contributed by atoms with Gasteiger partial charge in [-0.3, -0.25) is 9.69 Å². The van der Waals surface area contributed by atoms with Gasteiger partial charge >= 0.3 is 0 Å². The van der Waals surface area contributed by atoms with Crippen LogP contribution in [0.3, 0.4) is 0 Å². The summed E-state index contributed by atoms with van der Waals surface area (Å²) in [4.78, 5) is 15.3. The molecule has 0 spiro atoms. The van der Waals surface area contributed by atoms with E-state index in [1.807, 2.05) is 4.90 Å². The number of piperazine rings is 1. The van der Waals surface area contributed by atoms with Gasteiger partial charge in [0.2, 0.25) is 5.91 Å². The number of hydrogen-bond donors (Lipinski definition) is 0. The normalized spacial score (nSPS) is 25.9. The van der Waals surface area contributed by atoms with E-state index >= 15 is 0 Å². The highest BCUT2D eigenvalue weighted by Crippen LogP contribution is 2.10. The molecule has 0 aromatic heterocycles. The maximum atomic E-state index is 11.1. The van der Waals surface area contributed by atoms with E-state index in [0.29, 0.717) is 6.04 Å².